The molecule has 2 aromatic rings. The van der Waals surface area contributed by atoms with E-state index in [4.69, 9.17) is 18.8 Å². The second kappa shape index (κ2) is 7.45. The van der Waals surface area contributed by atoms with Crippen LogP contribution in [0.15, 0.2) is 12.1 Å². The lowest BCUT2D eigenvalue weighted by Gasteiger charge is -2.32. The Labute approximate surface area is 181 Å². The fraction of sp³-hybridized carbons (Fsp3) is 0.524. The first-order valence-electron chi connectivity index (χ1n) is 9.69. The SMILES string of the molecule is COc1ccc(B2OC(C)(C)C(C)(C)O2)c2c(C#N)c(NC(=O)OC(C)(C)C)sc12. The molecule has 1 aromatic heterocycles. The van der Waals surface area contributed by atoms with Gasteiger partial charge < -0.3 is 18.8 Å². The molecule has 1 aromatic carbocycles. The third kappa shape index (κ3) is 4.00. The number of nitrogens with one attached hydrogen (secondary N) is 1. The average molecular weight is 430 g/mol. The molecule has 1 aliphatic rings. The molecule has 1 amide bonds. The van der Waals surface area contributed by atoms with Crippen molar-refractivity contribution in [2.45, 2.75) is 65.3 Å². The van der Waals surface area contributed by atoms with Crippen molar-refractivity contribution in [2.75, 3.05) is 12.4 Å². The van der Waals surface area contributed by atoms with E-state index in [1.807, 2.05) is 39.8 Å². The summed E-state index contributed by atoms with van der Waals surface area (Å²) in [5, 5.41) is 13.7. The van der Waals surface area contributed by atoms with E-state index in [9.17, 15) is 10.1 Å². The van der Waals surface area contributed by atoms with Gasteiger partial charge >= 0.3 is 13.2 Å². The van der Waals surface area contributed by atoms with E-state index in [0.29, 0.717) is 21.7 Å². The Balaban J connectivity index is 2.12. The summed E-state index contributed by atoms with van der Waals surface area (Å²) in [5.41, 5.74) is -0.660. The zero-order valence-corrected chi connectivity index (χ0v) is 19.4. The fourth-order valence-corrected chi connectivity index (χ4v) is 4.28. The van der Waals surface area contributed by atoms with Crippen molar-refractivity contribution < 1.29 is 23.6 Å². The number of hydrogen-bond donors (Lipinski definition) is 1. The number of carbonyl (C=O) groups is 1. The highest BCUT2D eigenvalue weighted by Crippen LogP contribution is 2.42. The molecule has 0 bridgehead atoms. The van der Waals surface area contributed by atoms with Crippen LogP contribution in [0.1, 0.15) is 54.0 Å². The number of thiophene rings is 1. The molecule has 0 spiro atoms. The number of hydrogen-bond acceptors (Lipinski definition) is 7. The van der Waals surface area contributed by atoms with Gasteiger partial charge in [-0.15, -0.1) is 11.3 Å². The van der Waals surface area contributed by atoms with Gasteiger partial charge in [-0.1, -0.05) is 6.07 Å². The maximum absolute atomic E-state index is 12.3. The van der Waals surface area contributed by atoms with Crippen LogP contribution in [0.3, 0.4) is 0 Å². The summed E-state index contributed by atoms with van der Waals surface area (Å²) in [6.07, 6.45) is -0.623. The van der Waals surface area contributed by atoms with Crippen LogP contribution in [0.2, 0.25) is 0 Å². The Hall–Kier alpha value is -2.28. The van der Waals surface area contributed by atoms with Crippen molar-refractivity contribution in [2.24, 2.45) is 0 Å². The summed E-state index contributed by atoms with van der Waals surface area (Å²) in [5.74, 6) is 0.601. The molecule has 0 radical (unpaired) electrons. The molecule has 0 atom stereocenters. The van der Waals surface area contributed by atoms with Crippen molar-refractivity contribution in [3.63, 3.8) is 0 Å². The van der Waals surface area contributed by atoms with Gasteiger partial charge in [-0.25, -0.2) is 4.79 Å². The molecule has 9 heteroatoms. The lowest BCUT2D eigenvalue weighted by Crippen LogP contribution is -2.41. The van der Waals surface area contributed by atoms with Gasteiger partial charge in [0.25, 0.3) is 0 Å². The van der Waals surface area contributed by atoms with Crippen LogP contribution in [-0.4, -0.2) is 37.1 Å². The van der Waals surface area contributed by atoms with E-state index >= 15 is 0 Å². The maximum atomic E-state index is 12.3. The quantitative estimate of drug-likeness (QED) is 0.725. The van der Waals surface area contributed by atoms with E-state index in [1.165, 1.54) is 11.3 Å². The van der Waals surface area contributed by atoms with Gasteiger partial charge in [0.2, 0.25) is 0 Å². The normalized spacial score (nSPS) is 17.6. The number of anilines is 1. The summed E-state index contributed by atoms with van der Waals surface area (Å²) in [7, 11) is 0.912. The number of carbonyl (C=O) groups excluding carboxylic acids is 1. The average Bonchev–Trinajstić information content (AvgIpc) is 3.05. The van der Waals surface area contributed by atoms with Gasteiger partial charge in [0.05, 0.1) is 28.6 Å². The topological polar surface area (TPSA) is 89.8 Å². The second-order valence-electron chi connectivity index (χ2n) is 9.19. The Morgan fingerprint density at radius 1 is 1.20 bits per heavy atom. The third-order valence-corrected chi connectivity index (χ3v) is 6.41. The van der Waals surface area contributed by atoms with Crippen LogP contribution < -0.4 is 15.5 Å². The minimum atomic E-state index is -0.654. The van der Waals surface area contributed by atoms with Gasteiger partial charge in [0, 0.05) is 5.39 Å². The van der Waals surface area contributed by atoms with Crippen molar-refractivity contribution in [1.29, 1.82) is 5.26 Å². The van der Waals surface area contributed by atoms with Gasteiger partial charge in [-0.2, -0.15) is 5.26 Å². The molecule has 0 saturated carbocycles. The molecule has 1 N–H and O–H groups in total. The van der Waals surface area contributed by atoms with Crippen molar-refractivity contribution >= 4 is 45.1 Å². The minimum absolute atomic E-state index is 0.324. The van der Waals surface area contributed by atoms with E-state index < -0.39 is 30.0 Å². The summed E-state index contributed by atoms with van der Waals surface area (Å²) in [6, 6.07) is 5.88. The molecule has 1 fully saturated rings. The number of rotatable bonds is 3. The molecular weight excluding hydrogens is 403 g/mol. The summed E-state index contributed by atoms with van der Waals surface area (Å²) in [4.78, 5) is 12.3. The van der Waals surface area contributed by atoms with E-state index in [2.05, 4.69) is 11.4 Å². The number of fused-ring (bicyclic) bond motifs is 1. The summed E-state index contributed by atoms with van der Waals surface area (Å²) in [6.45, 7) is 13.2. The predicted octanol–water partition coefficient (Wildman–Crippen LogP) is 4.43. The van der Waals surface area contributed by atoms with E-state index in [0.717, 1.165) is 10.2 Å². The Morgan fingerprint density at radius 3 is 2.30 bits per heavy atom. The van der Waals surface area contributed by atoms with Crippen LogP contribution in [0, 0.1) is 11.3 Å². The standard InChI is InChI=1S/C21H27BN2O5S/c1-19(2,3)27-18(25)24-17-12(11-23)15-13(9-10-14(26-8)16(15)30-17)22-28-20(4,5)21(6,7)29-22/h9-10H,1-8H3,(H,24,25). The predicted molar refractivity (Wildman–Crippen MR) is 119 cm³/mol. The molecular formula is C21H27BN2O5S. The summed E-state index contributed by atoms with van der Waals surface area (Å²) < 4.78 is 24.0. The Morgan fingerprint density at radius 2 is 1.80 bits per heavy atom. The van der Waals surface area contributed by atoms with Crippen LogP contribution in [0.4, 0.5) is 9.80 Å². The zero-order valence-electron chi connectivity index (χ0n) is 18.6. The van der Waals surface area contributed by atoms with Crippen LogP contribution in [0.25, 0.3) is 10.1 Å². The zero-order chi connectivity index (χ0) is 22.5. The molecule has 0 aliphatic carbocycles. The van der Waals surface area contributed by atoms with Crippen molar-refractivity contribution in [3.05, 3.63) is 17.7 Å². The molecule has 0 unspecified atom stereocenters. The first kappa shape index (κ1) is 22.4. The van der Waals surface area contributed by atoms with Gasteiger partial charge in [-0.3, -0.25) is 5.32 Å². The Bertz CT molecular complexity index is 1020. The highest BCUT2D eigenvalue weighted by atomic mass is 32.1. The van der Waals surface area contributed by atoms with Gasteiger partial charge in [0.15, 0.2) is 0 Å². The number of benzene rings is 1. The molecule has 1 saturated heterocycles. The molecule has 2 heterocycles. The highest BCUT2D eigenvalue weighted by molar-refractivity contribution is 7.24. The van der Waals surface area contributed by atoms with Crippen LogP contribution in [0.5, 0.6) is 5.75 Å². The smallest absolute Gasteiger partial charge is 0.495 e. The number of ether oxygens (including phenoxy) is 2. The first-order valence-corrected chi connectivity index (χ1v) is 10.5. The molecule has 30 heavy (non-hydrogen) atoms. The number of methoxy groups -OCH3 is 1. The van der Waals surface area contributed by atoms with Crippen LogP contribution in [-0.2, 0) is 14.0 Å². The first-order chi connectivity index (χ1) is 13.8. The largest absolute Gasteiger partial charge is 0.495 e. The molecule has 160 valence electrons. The molecule has 3 rings (SSSR count). The van der Waals surface area contributed by atoms with Crippen molar-refractivity contribution in [3.8, 4) is 11.8 Å². The maximum Gasteiger partial charge on any atom is 0.495 e. The van der Waals surface area contributed by atoms with Gasteiger partial charge in [-0.05, 0) is 60.0 Å². The fourth-order valence-electron chi connectivity index (χ4n) is 3.12. The monoisotopic (exact) mass is 430 g/mol. The van der Waals surface area contributed by atoms with E-state index in [1.54, 1.807) is 27.9 Å². The van der Waals surface area contributed by atoms with Crippen LogP contribution >= 0.6 is 11.3 Å². The number of amides is 1. The lowest BCUT2D eigenvalue weighted by molar-refractivity contribution is 0.00578. The van der Waals surface area contributed by atoms with Crippen molar-refractivity contribution in [1.82, 2.24) is 0 Å². The molecule has 1 aliphatic heterocycles. The Kier molecular flexibility index (Phi) is 5.56. The molecule has 7 nitrogen and oxygen atoms in total. The highest BCUT2D eigenvalue weighted by Gasteiger charge is 2.52. The second-order valence-corrected chi connectivity index (χ2v) is 10.2. The minimum Gasteiger partial charge on any atom is -0.495 e. The summed E-state index contributed by atoms with van der Waals surface area (Å²) >= 11 is 1.26. The number of nitrogens with zero attached hydrogens (tertiary/aromatic N) is 1. The number of nitriles is 1. The van der Waals surface area contributed by atoms with E-state index in [-0.39, 0.29) is 0 Å². The van der Waals surface area contributed by atoms with Gasteiger partial charge in [0.1, 0.15) is 22.4 Å². The lowest BCUT2D eigenvalue weighted by atomic mass is 9.76. The third-order valence-electron chi connectivity index (χ3n) is 5.29.